The van der Waals surface area contributed by atoms with Crippen molar-refractivity contribution >= 4 is 5.69 Å². The van der Waals surface area contributed by atoms with Gasteiger partial charge in [0.25, 0.3) is 0 Å². The van der Waals surface area contributed by atoms with Crippen molar-refractivity contribution in [3.8, 4) is 11.1 Å². The monoisotopic (exact) mass is 211 g/mol. The minimum Gasteiger partial charge on any atom is -0.399 e. The topological polar surface area (TPSA) is 26.0 Å². The van der Waals surface area contributed by atoms with Crippen molar-refractivity contribution in [3.63, 3.8) is 0 Å². The summed E-state index contributed by atoms with van der Waals surface area (Å²) in [5.74, 6) is 0. The number of nitrogen functional groups attached to an aromatic ring is 1. The van der Waals surface area contributed by atoms with Gasteiger partial charge in [-0.1, -0.05) is 37.3 Å². The zero-order valence-corrected chi connectivity index (χ0v) is 9.83. The molecule has 0 aliphatic rings. The second kappa shape index (κ2) is 4.40. The third-order valence-corrected chi connectivity index (χ3v) is 2.95. The highest BCUT2D eigenvalue weighted by Gasteiger charge is 2.01. The highest BCUT2D eigenvalue weighted by Crippen LogP contribution is 2.24. The van der Waals surface area contributed by atoms with Crippen LogP contribution in [0.25, 0.3) is 11.1 Å². The van der Waals surface area contributed by atoms with E-state index in [1.54, 1.807) is 0 Å². The molecule has 16 heavy (non-hydrogen) atoms. The molecule has 2 N–H and O–H groups in total. The molecule has 0 aromatic heterocycles. The van der Waals surface area contributed by atoms with E-state index >= 15 is 0 Å². The van der Waals surface area contributed by atoms with Crippen LogP contribution in [-0.4, -0.2) is 0 Å². The minimum atomic E-state index is 0.816. The Bertz CT molecular complexity index is 501. The Labute approximate surface area is 96.9 Å². The molecule has 0 bridgehead atoms. The number of benzene rings is 2. The van der Waals surface area contributed by atoms with Gasteiger partial charge in [-0.3, -0.25) is 0 Å². The van der Waals surface area contributed by atoms with E-state index < -0.39 is 0 Å². The van der Waals surface area contributed by atoms with Gasteiger partial charge < -0.3 is 5.73 Å². The van der Waals surface area contributed by atoms with E-state index in [1.165, 1.54) is 22.3 Å². The van der Waals surface area contributed by atoms with Crippen LogP contribution in [0.3, 0.4) is 0 Å². The highest BCUT2D eigenvalue weighted by atomic mass is 14.5. The van der Waals surface area contributed by atoms with Gasteiger partial charge in [-0.05, 0) is 47.7 Å². The minimum absolute atomic E-state index is 0.816. The highest BCUT2D eigenvalue weighted by molar-refractivity contribution is 5.68. The van der Waals surface area contributed by atoms with Gasteiger partial charge in [0.05, 0.1) is 0 Å². The number of nitrogens with two attached hydrogens (primary N) is 1. The van der Waals surface area contributed by atoms with Crippen molar-refractivity contribution in [1.82, 2.24) is 0 Å². The molecule has 0 spiro atoms. The molecule has 0 atom stereocenters. The lowest BCUT2D eigenvalue weighted by Gasteiger charge is -2.07. The van der Waals surface area contributed by atoms with Crippen LogP contribution >= 0.6 is 0 Å². The van der Waals surface area contributed by atoms with Crippen LogP contribution < -0.4 is 5.73 Å². The van der Waals surface area contributed by atoms with E-state index in [4.69, 9.17) is 5.73 Å². The van der Waals surface area contributed by atoms with E-state index in [-0.39, 0.29) is 0 Å². The van der Waals surface area contributed by atoms with Crippen LogP contribution in [-0.2, 0) is 6.42 Å². The van der Waals surface area contributed by atoms with Gasteiger partial charge in [0.15, 0.2) is 0 Å². The summed E-state index contributed by atoms with van der Waals surface area (Å²) in [5.41, 5.74) is 11.8. The van der Waals surface area contributed by atoms with Gasteiger partial charge in [-0.2, -0.15) is 0 Å². The molecular weight excluding hydrogens is 194 g/mol. The summed E-state index contributed by atoms with van der Waals surface area (Å²) in [4.78, 5) is 0. The van der Waals surface area contributed by atoms with Crippen LogP contribution in [0.4, 0.5) is 5.69 Å². The van der Waals surface area contributed by atoms with E-state index in [0.29, 0.717) is 0 Å². The fourth-order valence-corrected chi connectivity index (χ4v) is 1.95. The molecule has 2 aromatic rings. The van der Waals surface area contributed by atoms with Gasteiger partial charge >= 0.3 is 0 Å². The van der Waals surface area contributed by atoms with Gasteiger partial charge in [0.1, 0.15) is 0 Å². The molecule has 0 amide bonds. The number of hydrogen-bond acceptors (Lipinski definition) is 1. The lowest BCUT2D eigenvalue weighted by molar-refractivity contribution is 1.11. The third-order valence-electron chi connectivity index (χ3n) is 2.95. The largest absolute Gasteiger partial charge is 0.399 e. The second-order valence-electron chi connectivity index (χ2n) is 4.12. The molecule has 0 saturated carbocycles. The van der Waals surface area contributed by atoms with Crippen molar-refractivity contribution < 1.29 is 0 Å². The molecule has 0 heterocycles. The molecule has 1 heteroatoms. The Morgan fingerprint density at radius 1 is 1.00 bits per heavy atom. The zero-order chi connectivity index (χ0) is 11.5. The molecule has 0 saturated heterocycles. The molecular formula is C15H17N. The van der Waals surface area contributed by atoms with E-state index in [0.717, 1.165) is 12.1 Å². The SMILES string of the molecule is CCc1cc(-c2cccc(N)c2)ccc1C. The number of anilines is 1. The summed E-state index contributed by atoms with van der Waals surface area (Å²) in [6.07, 6.45) is 1.07. The van der Waals surface area contributed by atoms with Gasteiger partial charge in [0, 0.05) is 5.69 Å². The summed E-state index contributed by atoms with van der Waals surface area (Å²) < 4.78 is 0. The molecule has 0 aliphatic heterocycles. The summed E-state index contributed by atoms with van der Waals surface area (Å²) in [6.45, 7) is 4.34. The first-order valence-corrected chi connectivity index (χ1v) is 5.66. The maximum Gasteiger partial charge on any atom is 0.0320 e. The Balaban J connectivity index is 2.48. The molecule has 2 rings (SSSR count). The molecule has 0 radical (unpaired) electrons. The van der Waals surface area contributed by atoms with Crippen LogP contribution in [0.1, 0.15) is 18.1 Å². The fraction of sp³-hybridized carbons (Fsp3) is 0.200. The summed E-state index contributed by atoms with van der Waals surface area (Å²) in [7, 11) is 0. The normalized spacial score (nSPS) is 10.4. The van der Waals surface area contributed by atoms with Crippen LogP contribution in [0.15, 0.2) is 42.5 Å². The van der Waals surface area contributed by atoms with Crippen molar-refractivity contribution in [2.45, 2.75) is 20.3 Å². The quantitative estimate of drug-likeness (QED) is 0.751. The van der Waals surface area contributed by atoms with Crippen molar-refractivity contribution in [3.05, 3.63) is 53.6 Å². The maximum atomic E-state index is 5.80. The molecule has 0 aliphatic carbocycles. The number of aryl methyl sites for hydroxylation is 2. The molecule has 0 fully saturated rings. The maximum absolute atomic E-state index is 5.80. The molecule has 1 nitrogen and oxygen atoms in total. The van der Waals surface area contributed by atoms with Crippen molar-refractivity contribution in [1.29, 1.82) is 0 Å². The van der Waals surface area contributed by atoms with E-state index in [9.17, 15) is 0 Å². The summed E-state index contributed by atoms with van der Waals surface area (Å²) in [5, 5.41) is 0. The Morgan fingerprint density at radius 2 is 1.75 bits per heavy atom. The van der Waals surface area contributed by atoms with Gasteiger partial charge in [-0.15, -0.1) is 0 Å². The average Bonchev–Trinajstić information content (AvgIpc) is 2.29. The average molecular weight is 211 g/mol. The van der Waals surface area contributed by atoms with E-state index in [2.05, 4.69) is 38.1 Å². The standard InChI is InChI=1S/C15H17N/c1-3-12-9-14(8-7-11(12)2)13-5-4-6-15(16)10-13/h4-10H,3,16H2,1-2H3. The predicted molar refractivity (Wildman–Crippen MR) is 70.4 cm³/mol. The van der Waals surface area contributed by atoms with Gasteiger partial charge in [-0.25, -0.2) is 0 Å². The smallest absolute Gasteiger partial charge is 0.0320 e. The Hall–Kier alpha value is -1.76. The first-order valence-electron chi connectivity index (χ1n) is 5.66. The van der Waals surface area contributed by atoms with Gasteiger partial charge in [0.2, 0.25) is 0 Å². The third kappa shape index (κ3) is 2.08. The second-order valence-corrected chi connectivity index (χ2v) is 4.12. The lowest BCUT2D eigenvalue weighted by atomic mass is 9.98. The summed E-state index contributed by atoms with van der Waals surface area (Å²) >= 11 is 0. The lowest BCUT2D eigenvalue weighted by Crippen LogP contribution is -1.89. The first kappa shape index (κ1) is 10.7. The van der Waals surface area contributed by atoms with Crippen molar-refractivity contribution in [2.75, 3.05) is 5.73 Å². The zero-order valence-electron chi connectivity index (χ0n) is 9.83. The fourth-order valence-electron chi connectivity index (χ4n) is 1.95. The molecule has 2 aromatic carbocycles. The van der Waals surface area contributed by atoms with Crippen molar-refractivity contribution in [2.24, 2.45) is 0 Å². The molecule has 0 unspecified atom stereocenters. The Kier molecular flexibility index (Phi) is 2.95. The Morgan fingerprint density at radius 3 is 2.44 bits per heavy atom. The van der Waals surface area contributed by atoms with Crippen LogP contribution in [0.2, 0.25) is 0 Å². The van der Waals surface area contributed by atoms with Crippen LogP contribution in [0.5, 0.6) is 0 Å². The number of rotatable bonds is 2. The predicted octanol–water partition coefficient (Wildman–Crippen LogP) is 3.81. The summed E-state index contributed by atoms with van der Waals surface area (Å²) in [6, 6.07) is 14.6. The number of hydrogen-bond donors (Lipinski definition) is 1. The first-order chi connectivity index (χ1) is 7.70. The molecule has 82 valence electrons. The van der Waals surface area contributed by atoms with Crippen LogP contribution in [0, 0.1) is 6.92 Å². The van der Waals surface area contributed by atoms with E-state index in [1.807, 2.05) is 18.2 Å².